The zero-order valence-electron chi connectivity index (χ0n) is 9.81. The Balaban J connectivity index is 1.72. The van der Waals surface area contributed by atoms with Gasteiger partial charge in [0.15, 0.2) is 4.96 Å². The van der Waals surface area contributed by atoms with Crippen LogP contribution in [0.5, 0.6) is 0 Å². The summed E-state index contributed by atoms with van der Waals surface area (Å²) < 4.78 is 2.07. The summed E-state index contributed by atoms with van der Waals surface area (Å²) in [4.78, 5) is 7.79. The minimum absolute atomic E-state index is 0.863. The number of nitrogens with one attached hydrogen (secondary N) is 1. The van der Waals surface area contributed by atoms with E-state index in [4.69, 9.17) is 0 Å². The van der Waals surface area contributed by atoms with Crippen LogP contribution in [-0.4, -0.2) is 41.5 Å². The van der Waals surface area contributed by atoms with Crippen molar-refractivity contribution in [2.75, 3.05) is 27.2 Å². The van der Waals surface area contributed by atoms with Crippen molar-refractivity contribution < 1.29 is 0 Å². The quantitative estimate of drug-likeness (QED) is 0.773. The van der Waals surface area contributed by atoms with Crippen molar-refractivity contribution in [1.82, 2.24) is 19.6 Å². The van der Waals surface area contributed by atoms with Gasteiger partial charge in [-0.1, -0.05) is 0 Å². The predicted octanol–water partition coefficient (Wildman–Crippen LogP) is 1.44. The van der Waals surface area contributed by atoms with Crippen molar-refractivity contribution in [2.24, 2.45) is 0 Å². The third kappa shape index (κ3) is 3.04. The van der Waals surface area contributed by atoms with Crippen LogP contribution in [0.2, 0.25) is 0 Å². The second-order valence-corrected chi connectivity index (χ2v) is 5.03. The highest BCUT2D eigenvalue weighted by Crippen LogP contribution is 2.10. The number of hydrogen-bond donors (Lipinski definition) is 1. The fourth-order valence-electron chi connectivity index (χ4n) is 1.60. The SMILES string of the molecule is CN(C)CCCNCc1cn2ccsc2n1. The van der Waals surface area contributed by atoms with Gasteiger partial charge in [-0.05, 0) is 33.6 Å². The summed E-state index contributed by atoms with van der Waals surface area (Å²) in [5.41, 5.74) is 1.12. The van der Waals surface area contributed by atoms with Gasteiger partial charge in [0.05, 0.1) is 5.69 Å². The molecule has 0 aliphatic heterocycles. The fourth-order valence-corrected chi connectivity index (χ4v) is 2.32. The molecule has 2 aromatic rings. The molecule has 4 nitrogen and oxygen atoms in total. The second kappa shape index (κ2) is 5.43. The summed E-state index contributed by atoms with van der Waals surface area (Å²) in [5, 5.41) is 5.46. The summed E-state index contributed by atoms with van der Waals surface area (Å²) in [7, 11) is 4.20. The molecule has 0 fully saturated rings. The highest BCUT2D eigenvalue weighted by Gasteiger charge is 2.01. The Morgan fingerprint density at radius 2 is 2.38 bits per heavy atom. The maximum Gasteiger partial charge on any atom is 0.193 e. The lowest BCUT2D eigenvalue weighted by atomic mass is 10.4. The van der Waals surface area contributed by atoms with Crippen molar-refractivity contribution in [2.45, 2.75) is 13.0 Å². The molecule has 0 atom stereocenters. The van der Waals surface area contributed by atoms with E-state index in [-0.39, 0.29) is 0 Å². The van der Waals surface area contributed by atoms with Gasteiger partial charge in [-0.2, -0.15) is 0 Å². The first-order chi connectivity index (χ1) is 7.75. The molecule has 0 aliphatic rings. The highest BCUT2D eigenvalue weighted by atomic mass is 32.1. The molecular weight excluding hydrogens is 220 g/mol. The standard InChI is InChI=1S/C11H18N4S/c1-14(2)5-3-4-12-8-10-9-15-6-7-16-11(15)13-10/h6-7,9,12H,3-5,8H2,1-2H3. The van der Waals surface area contributed by atoms with Crippen LogP contribution in [0.1, 0.15) is 12.1 Å². The molecule has 0 aromatic carbocycles. The first kappa shape index (κ1) is 11.6. The van der Waals surface area contributed by atoms with Crippen LogP contribution in [0, 0.1) is 0 Å². The minimum atomic E-state index is 0.863. The topological polar surface area (TPSA) is 32.6 Å². The normalized spacial score (nSPS) is 11.7. The van der Waals surface area contributed by atoms with E-state index in [1.54, 1.807) is 11.3 Å². The van der Waals surface area contributed by atoms with Crippen molar-refractivity contribution in [3.8, 4) is 0 Å². The molecule has 0 unspecified atom stereocenters. The summed E-state index contributed by atoms with van der Waals surface area (Å²) in [6.45, 7) is 3.04. The third-order valence-corrected chi connectivity index (χ3v) is 3.18. The van der Waals surface area contributed by atoms with Crippen LogP contribution in [0.25, 0.3) is 4.96 Å². The molecule has 0 amide bonds. The lowest BCUT2D eigenvalue weighted by Gasteiger charge is -2.08. The van der Waals surface area contributed by atoms with Gasteiger partial charge in [0, 0.05) is 24.3 Å². The van der Waals surface area contributed by atoms with Crippen LogP contribution in [0.4, 0.5) is 0 Å². The van der Waals surface area contributed by atoms with Gasteiger partial charge in [0.1, 0.15) is 0 Å². The van der Waals surface area contributed by atoms with Gasteiger partial charge in [-0.3, -0.25) is 4.40 Å². The average Bonchev–Trinajstić information content (AvgIpc) is 2.76. The van der Waals surface area contributed by atoms with Gasteiger partial charge in [-0.15, -0.1) is 11.3 Å². The smallest absolute Gasteiger partial charge is 0.193 e. The van der Waals surface area contributed by atoms with E-state index in [1.807, 2.05) is 6.20 Å². The van der Waals surface area contributed by atoms with Crippen molar-refractivity contribution in [3.63, 3.8) is 0 Å². The van der Waals surface area contributed by atoms with Gasteiger partial charge >= 0.3 is 0 Å². The van der Waals surface area contributed by atoms with E-state index in [0.717, 1.165) is 30.3 Å². The van der Waals surface area contributed by atoms with Gasteiger partial charge in [-0.25, -0.2) is 4.98 Å². The first-order valence-corrected chi connectivity index (χ1v) is 6.40. The number of imidazole rings is 1. The number of hydrogen-bond acceptors (Lipinski definition) is 4. The Bertz CT molecular complexity index is 403. The zero-order valence-corrected chi connectivity index (χ0v) is 10.6. The van der Waals surface area contributed by atoms with Crippen LogP contribution >= 0.6 is 11.3 Å². The number of aromatic nitrogens is 2. The van der Waals surface area contributed by atoms with Gasteiger partial charge < -0.3 is 10.2 Å². The molecule has 5 heteroatoms. The maximum atomic E-state index is 4.51. The number of thiazole rings is 1. The number of nitrogens with zero attached hydrogens (tertiary/aromatic N) is 3. The van der Waals surface area contributed by atoms with Crippen molar-refractivity contribution >= 4 is 16.3 Å². The molecule has 0 saturated carbocycles. The van der Waals surface area contributed by atoms with E-state index in [0.29, 0.717) is 0 Å². The van der Waals surface area contributed by atoms with E-state index in [2.05, 4.69) is 45.3 Å². The van der Waals surface area contributed by atoms with Crippen molar-refractivity contribution in [3.05, 3.63) is 23.5 Å². The Hall–Kier alpha value is -0.910. The van der Waals surface area contributed by atoms with E-state index in [9.17, 15) is 0 Å². The summed E-state index contributed by atoms with van der Waals surface area (Å²) in [6, 6.07) is 0. The van der Waals surface area contributed by atoms with Crippen LogP contribution in [-0.2, 0) is 6.54 Å². The van der Waals surface area contributed by atoms with Crippen LogP contribution in [0.3, 0.4) is 0 Å². The molecule has 1 N–H and O–H groups in total. The minimum Gasteiger partial charge on any atom is -0.311 e. The lowest BCUT2D eigenvalue weighted by molar-refractivity contribution is 0.394. The molecule has 2 aromatic heterocycles. The maximum absolute atomic E-state index is 4.51. The Morgan fingerprint density at radius 1 is 1.50 bits per heavy atom. The zero-order chi connectivity index (χ0) is 11.4. The predicted molar refractivity (Wildman–Crippen MR) is 67.9 cm³/mol. The largest absolute Gasteiger partial charge is 0.311 e. The van der Waals surface area contributed by atoms with E-state index in [1.165, 1.54) is 6.42 Å². The fraction of sp³-hybridized carbons (Fsp3) is 0.545. The number of fused-ring (bicyclic) bond motifs is 1. The molecule has 0 saturated heterocycles. The molecule has 0 aliphatic carbocycles. The third-order valence-electron chi connectivity index (χ3n) is 2.41. The Morgan fingerprint density at radius 3 is 3.12 bits per heavy atom. The summed E-state index contributed by atoms with van der Waals surface area (Å²) in [5.74, 6) is 0. The van der Waals surface area contributed by atoms with Crippen LogP contribution < -0.4 is 5.32 Å². The highest BCUT2D eigenvalue weighted by molar-refractivity contribution is 7.15. The Kier molecular flexibility index (Phi) is 3.93. The average molecular weight is 238 g/mol. The second-order valence-electron chi connectivity index (χ2n) is 4.16. The van der Waals surface area contributed by atoms with Crippen molar-refractivity contribution in [1.29, 1.82) is 0 Å². The molecule has 0 spiro atoms. The molecule has 16 heavy (non-hydrogen) atoms. The lowest BCUT2D eigenvalue weighted by Crippen LogP contribution is -2.21. The molecule has 2 heterocycles. The number of rotatable bonds is 6. The van der Waals surface area contributed by atoms with E-state index < -0.39 is 0 Å². The van der Waals surface area contributed by atoms with Gasteiger partial charge in [0.25, 0.3) is 0 Å². The van der Waals surface area contributed by atoms with Gasteiger partial charge in [0.2, 0.25) is 0 Å². The molecular formula is C11H18N4S. The van der Waals surface area contributed by atoms with E-state index >= 15 is 0 Å². The Labute approximate surface area is 99.9 Å². The van der Waals surface area contributed by atoms with Crippen LogP contribution in [0.15, 0.2) is 17.8 Å². The summed E-state index contributed by atoms with van der Waals surface area (Å²) >= 11 is 1.67. The molecule has 2 rings (SSSR count). The monoisotopic (exact) mass is 238 g/mol. The molecule has 0 bridgehead atoms. The first-order valence-electron chi connectivity index (χ1n) is 5.52. The molecule has 0 radical (unpaired) electrons. The summed E-state index contributed by atoms with van der Waals surface area (Å²) in [6.07, 6.45) is 5.31. The molecule has 88 valence electrons.